The number of hydrogen-bond acceptors (Lipinski definition) is 2. The Balaban J connectivity index is 1.73. The molecule has 0 saturated heterocycles. The van der Waals surface area contributed by atoms with Gasteiger partial charge in [0.05, 0.1) is 0 Å². The maximum atomic E-state index is 11.4. The standard InChI is InChI=1S/C10H17NO/c11-10(4-1-5-10)7-9(12)6-8-2-3-8/h8H,1-7,11H2. The molecule has 0 spiro atoms. The molecule has 2 N–H and O–H groups in total. The number of rotatable bonds is 4. The lowest BCUT2D eigenvalue weighted by Gasteiger charge is -2.37. The normalized spacial score (nSPS) is 26.4. The Morgan fingerprint density at radius 1 is 1.42 bits per heavy atom. The molecular formula is C10H17NO. The van der Waals surface area contributed by atoms with E-state index in [4.69, 9.17) is 5.73 Å². The maximum Gasteiger partial charge on any atom is 0.135 e. The molecule has 0 aromatic heterocycles. The molecule has 0 amide bonds. The summed E-state index contributed by atoms with van der Waals surface area (Å²) in [5, 5.41) is 0. The number of Topliss-reactive ketones (excluding diaryl/α,β-unsaturated/α-hetero) is 1. The second kappa shape index (κ2) is 2.84. The number of nitrogens with two attached hydrogens (primary N) is 1. The van der Waals surface area contributed by atoms with E-state index in [1.165, 1.54) is 19.3 Å². The van der Waals surface area contributed by atoms with E-state index in [2.05, 4.69) is 0 Å². The lowest BCUT2D eigenvalue weighted by Crippen LogP contribution is -2.48. The zero-order valence-electron chi connectivity index (χ0n) is 7.51. The van der Waals surface area contributed by atoms with Gasteiger partial charge in [0, 0.05) is 18.4 Å². The molecular weight excluding hydrogens is 150 g/mol. The monoisotopic (exact) mass is 167 g/mol. The van der Waals surface area contributed by atoms with Crippen LogP contribution in [0.2, 0.25) is 0 Å². The summed E-state index contributed by atoms with van der Waals surface area (Å²) >= 11 is 0. The van der Waals surface area contributed by atoms with Gasteiger partial charge in [0.1, 0.15) is 5.78 Å². The highest BCUT2D eigenvalue weighted by molar-refractivity contribution is 5.80. The molecule has 2 nitrogen and oxygen atoms in total. The first-order chi connectivity index (χ1) is 5.68. The average molecular weight is 167 g/mol. The van der Waals surface area contributed by atoms with Crippen LogP contribution in [0.25, 0.3) is 0 Å². The van der Waals surface area contributed by atoms with Crippen molar-refractivity contribution < 1.29 is 4.79 Å². The zero-order chi connectivity index (χ0) is 8.60. The SMILES string of the molecule is NC1(CC(=O)CC2CC2)CCC1. The van der Waals surface area contributed by atoms with Gasteiger partial charge < -0.3 is 5.73 Å². The molecule has 0 bridgehead atoms. The van der Waals surface area contributed by atoms with Crippen molar-refractivity contribution in [2.24, 2.45) is 11.7 Å². The molecule has 68 valence electrons. The molecule has 0 radical (unpaired) electrons. The predicted molar refractivity (Wildman–Crippen MR) is 47.7 cm³/mol. The van der Waals surface area contributed by atoms with Crippen molar-refractivity contribution in [2.75, 3.05) is 0 Å². The van der Waals surface area contributed by atoms with E-state index < -0.39 is 0 Å². The van der Waals surface area contributed by atoms with Crippen molar-refractivity contribution in [3.63, 3.8) is 0 Å². The lowest BCUT2D eigenvalue weighted by atomic mass is 9.74. The van der Waals surface area contributed by atoms with Crippen molar-refractivity contribution >= 4 is 5.78 Å². The number of ketones is 1. The van der Waals surface area contributed by atoms with Gasteiger partial charge in [-0.25, -0.2) is 0 Å². The van der Waals surface area contributed by atoms with E-state index >= 15 is 0 Å². The molecule has 0 aromatic carbocycles. The third-order valence-corrected chi connectivity index (χ3v) is 3.11. The summed E-state index contributed by atoms with van der Waals surface area (Å²) in [6.07, 6.45) is 7.31. The van der Waals surface area contributed by atoms with Crippen molar-refractivity contribution in [3.05, 3.63) is 0 Å². The summed E-state index contributed by atoms with van der Waals surface area (Å²) in [6.45, 7) is 0. The summed E-state index contributed by atoms with van der Waals surface area (Å²) < 4.78 is 0. The smallest absolute Gasteiger partial charge is 0.135 e. The molecule has 0 unspecified atom stereocenters. The van der Waals surface area contributed by atoms with Gasteiger partial charge in [-0.2, -0.15) is 0 Å². The first-order valence-electron chi connectivity index (χ1n) is 4.99. The van der Waals surface area contributed by atoms with Crippen LogP contribution in [0.4, 0.5) is 0 Å². The van der Waals surface area contributed by atoms with Gasteiger partial charge in [-0.15, -0.1) is 0 Å². The Morgan fingerprint density at radius 2 is 2.08 bits per heavy atom. The highest BCUT2D eigenvalue weighted by Crippen LogP contribution is 2.36. The molecule has 2 saturated carbocycles. The van der Waals surface area contributed by atoms with E-state index in [1.54, 1.807) is 0 Å². The van der Waals surface area contributed by atoms with Crippen molar-refractivity contribution in [1.82, 2.24) is 0 Å². The Kier molecular flexibility index (Phi) is 1.95. The Bertz CT molecular complexity index is 192. The van der Waals surface area contributed by atoms with E-state index in [0.717, 1.165) is 25.2 Å². The quantitative estimate of drug-likeness (QED) is 0.691. The zero-order valence-corrected chi connectivity index (χ0v) is 7.51. The predicted octanol–water partition coefficient (Wildman–Crippen LogP) is 1.63. The van der Waals surface area contributed by atoms with Crippen LogP contribution in [-0.2, 0) is 4.79 Å². The van der Waals surface area contributed by atoms with E-state index in [0.29, 0.717) is 12.2 Å². The minimum Gasteiger partial charge on any atom is -0.325 e. The molecule has 12 heavy (non-hydrogen) atoms. The number of carbonyl (C=O) groups excluding carboxylic acids is 1. The topological polar surface area (TPSA) is 43.1 Å². The molecule has 2 fully saturated rings. The van der Waals surface area contributed by atoms with Crippen LogP contribution in [-0.4, -0.2) is 11.3 Å². The van der Waals surface area contributed by atoms with Gasteiger partial charge in [-0.3, -0.25) is 4.79 Å². The summed E-state index contributed by atoms with van der Waals surface area (Å²) in [6, 6.07) is 0. The third-order valence-electron chi connectivity index (χ3n) is 3.11. The first-order valence-corrected chi connectivity index (χ1v) is 4.99. The fraction of sp³-hybridized carbons (Fsp3) is 0.900. The van der Waals surface area contributed by atoms with Crippen molar-refractivity contribution in [2.45, 2.75) is 50.5 Å². The van der Waals surface area contributed by atoms with Gasteiger partial charge in [0.15, 0.2) is 0 Å². The van der Waals surface area contributed by atoms with Gasteiger partial charge in [0.2, 0.25) is 0 Å². The van der Waals surface area contributed by atoms with Crippen molar-refractivity contribution in [1.29, 1.82) is 0 Å². The fourth-order valence-electron chi connectivity index (χ4n) is 1.92. The highest BCUT2D eigenvalue weighted by Gasteiger charge is 2.35. The summed E-state index contributed by atoms with van der Waals surface area (Å²) in [7, 11) is 0. The lowest BCUT2D eigenvalue weighted by molar-refractivity contribution is -0.121. The third kappa shape index (κ3) is 1.86. The second-order valence-electron chi connectivity index (χ2n) is 4.58. The molecule has 2 rings (SSSR count). The summed E-state index contributed by atoms with van der Waals surface area (Å²) in [5.41, 5.74) is 5.89. The van der Waals surface area contributed by atoms with E-state index in [9.17, 15) is 4.79 Å². The minimum atomic E-state index is -0.0913. The largest absolute Gasteiger partial charge is 0.325 e. The van der Waals surface area contributed by atoms with Crippen LogP contribution in [0.3, 0.4) is 0 Å². The van der Waals surface area contributed by atoms with E-state index in [1.807, 2.05) is 0 Å². The van der Waals surface area contributed by atoms with Crippen molar-refractivity contribution in [3.8, 4) is 0 Å². The Hall–Kier alpha value is -0.370. The Morgan fingerprint density at radius 3 is 2.50 bits per heavy atom. The van der Waals surface area contributed by atoms with Gasteiger partial charge in [-0.05, 0) is 38.0 Å². The first kappa shape index (κ1) is 8.24. The van der Waals surface area contributed by atoms with Gasteiger partial charge in [0.25, 0.3) is 0 Å². The van der Waals surface area contributed by atoms with Crippen LogP contribution in [0.15, 0.2) is 0 Å². The molecule has 0 aliphatic heterocycles. The second-order valence-corrected chi connectivity index (χ2v) is 4.58. The molecule has 2 heteroatoms. The number of hydrogen-bond donors (Lipinski definition) is 1. The summed E-state index contributed by atoms with van der Waals surface area (Å²) in [5.74, 6) is 1.13. The van der Waals surface area contributed by atoms with Crippen LogP contribution in [0.5, 0.6) is 0 Å². The average Bonchev–Trinajstić information content (AvgIpc) is 2.68. The van der Waals surface area contributed by atoms with Gasteiger partial charge in [-0.1, -0.05) is 0 Å². The van der Waals surface area contributed by atoms with Crippen LogP contribution in [0.1, 0.15) is 44.9 Å². The Labute approximate surface area is 73.5 Å². The molecule has 0 heterocycles. The number of carbonyl (C=O) groups is 1. The fourth-order valence-corrected chi connectivity index (χ4v) is 1.92. The van der Waals surface area contributed by atoms with Gasteiger partial charge >= 0.3 is 0 Å². The molecule has 2 aliphatic carbocycles. The minimum absolute atomic E-state index is 0.0913. The molecule has 0 atom stereocenters. The summed E-state index contributed by atoms with van der Waals surface area (Å²) in [4.78, 5) is 11.4. The van der Waals surface area contributed by atoms with E-state index in [-0.39, 0.29) is 5.54 Å². The van der Waals surface area contributed by atoms with Crippen LogP contribution < -0.4 is 5.73 Å². The van der Waals surface area contributed by atoms with Crippen LogP contribution in [0, 0.1) is 5.92 Å². The molecule has 0 aromatic rings. The molecule has 2 aliphatic rings. The maximum absolute atomic E-state index is 11.4. The highest BCUT2D eigenvalue weighted by atomic mass is 16.1. The van der Waals surface area contributed by atoms with Crippen LogP contribution >= 0.6 is 0 Å².